The number of unbranched alkanes of at least 4 members (excludes halogenated alkanes) is 3. The van der Waals surface area contributed by atoms with E-state index < -0.39 is 23.9 Å². The Balaban J connectivity index is 0.815. The van der Waals surface area contributed by atoms with E-state index in [1.165, 1.54) is 11.0 Å². The summed E-state index contributed by atoms with van der Waals surface area (Å²) in [6.45, 7) is 1.26. The molecule has 0 bridgehead atoms. The van der Waals surface area contributed by atoms with E-state index in [-0.39, 0.29) is 24.1 Å². The number of carbonyl (C=O) groups excluding carboxylic acids is 6. The molecular weight excluding hydrogens is 666 g/mol. The molecule has 1 fully saturated rings. The summed E-state index contributed by atoms with van der Waals surface area (Å²) in [5.74, 6) is -1.16. The van der Waals surface area contributed by atoms with Crippen molar-refractivity contribution in [2.24, 2.45) is 0 Å². The number of urea groups is 1. The molecule has 4 aromatic rings. The van der Waals surface area contributed by atoms with Crippen LogP contribution < -0.4 is 31.3 Å². The average molecular weight is 706 g/mol. The lowest BCUT2D eigenvalue weighted by Crippen LogP contribution is -2.52. The van der Waals surface area contributed by atoms with Crippen LogP contribution in [0.15, 0.2) is 85.1 Å². The fourth-order valence-corrected chi connectivity index (χ4v) is 6.08. The summed E-state index contributed by atoms with van der Waals surface area (Å²) >= 11 is 0. The fourth-order valence-electron chi connectivity index (χ4n) is 6.08. The Hall–Kier alpha value is -6.44. The fraction of sp³-hybridized carbons (Fsp3) is 0.263. The smallest absolute Gasteiger partial charge is 0.323 e. The van der Waals surface area contributed by atoms with Crippen LogP contribution in [0.2, 0.25) is 0 Å². The Morgan fingerprint density at radius 2 is 1.54 bits per heavy atom. The Bertz CT molecular complexity index is 2020. The molecular formula is C38H39N7O7. The molecule has 3 heterocycles. The second kappa shape index (κ2) is 16.5. The number of piperidine rings is 1. The number of H-pyrrole nitrogens is 1. The first-order chi connectivity index (χ1) is 25.2. The molecule has 1 saturated heterocycles. The van der Waals surface area contributed by atoms with E-state index in [4.69, 9.17) is 4.74 Å². The second-order valence-electron chi connectivity index (χ2n) is 12.5. The van der Waals surface area contributed by atoms with Gasteiger partial charge in [-0.1, -0.05) is 12.8 Å². The number of nitrogens with zero attached hydrogens (tertiary/aromatic N) is 1. The number of anilines is 3. The molecule has 0 spiro atoms. The first-order valence-corrected chi connectivity index (χ1v) is 17.1. The number of carbonyl (C=O) groups is 6. The van der Waals surface area contributed by atoms with Crippen LogP contribution in [0.4, 0.5) is 21.9 Å². The van der Waals surface area contributed by atoms with Crippen molar-refractivity contribution < 1.29 is 33.5 Å². The maximum absolute atomic E-state index is 12.8. The molecule has 2 aliphatic heterocycles. The van der Waals surface area contributed by atoms with Crippen LogP contribution in [-0.2, 0) is 25.7 Å². The topological polar surface area (TPSA) is 191 Å². The minimum Gasteiger partial charge on any atom is -0.494 e. The summed E-state index contributed by atoms with van der Waals surface area (Å²) in [6.07, 6.45) is 8.05. The van der Waals surface area contributed by atoms with Crippen molar-refractivity contribution in [3.63, 3.8) is 0 Å². The normalized spacial score (nSPS) is 15.3. The first kappa shape index (κ1) is 35.4. The van der Waals surface area contributed by atoms with Gasteiger partial charge in [0, 0.05) is 71.4 Å². The lowest BCUT2D eigenvalue weighted by Gasteiger charge is -2.29. The van der Waals surface area contributed by atoms with Crippen molar-refractivity contribution in [3.8, 4) is 5.75 Å². The number of imide groups is 1. The van der Waals surface area contributed by atoms with E-state index in [1.54, 1.807) is 42.5 Å². The predicted octanol–water partition coefficient (Wildman–Crippen LogP) is 4.82. The van der Waals surface area contributed by atoms with Crippen molar-refractivity contribution >= 4 is 63.5 Å². The Kier molecular flexibility index (Phi) is 11.2. The molecule has 0 saturated carbocycles. The first-order valence-electron chi connectivity index (χ1n) is 17.1. The molecule has 52 heavy (non-hydrogen) atoms. The van der Waals surface area contributed by atoms with E-state index in [2.05, 4.69) is 31.6 Å². The van der Waals surface area contributed by atoms with Gasteiger partial charge in [0.1, 0.15) is 11.8 Å². The van der Waals surface area contributed by atoms with E-state index >= 15 is 0 Å². The highest BCUT2D eigenvalue weighted by Gasteiger charge is 2.39. The van der Waals surface area contributed by atoms with Gasteiger partial charge in [-0.15, -0.1) is 0 Å². The van der Waals surface area contributed by atoms with Crippen molar-refractivity contribution in [2.45, 2.75) is 51.1 Å². The minimum absolute atomic E-state index is 0.211. The number of hydrogen-bond acceptors (Lipinski definition) is 7. The second-order valence-corrected chi connectivity index (χ2v) is 12.5. The average Bonchev–Trinajstić information content (AvgIpc) is 3.72. The van der Waals surface area contributed by atoms with Crippen molar-refractivity contribution in [3.05, 3.63) is 96.2 Å². The van der Waals surface area contributed by atoms with Gasteiger partial charge >= 0.3 is 6.03 Å². The Morgan fingerprint density at radius 3 is 2.35 bits per heavy atom. The molecule has 0 radical (unpaired) electrons. The number of nitrogens with one attached hydrogen (secondary N) is 6. The summed E-state index contributed by atoms with van der Waals surface area (Å²) in [7, 11) is 0. The zero-order valence-electron chi connectivity index (χ0n) is 28.3. The Labute approximate surface area is 299 Å². The number of fused-ring (bicyclic) bond motifs is 2. The molecule has 3 aromatic carbocycles. The highest BCUT2D eigenvalue weighted by atomic mass is 16.5. The maximum Gasteiger partial charge on any atom is 0.323 e. The molecule has 2 aliphatic rings. The summed E-state index contributed by atoms with van der Waals surface area (Å²) in [5.41, 5.74) is 4.02. The molecule has 268 valence electrons. The van der Waals surface area contributed by atoms with Gasteiger partial charge in [0.2, 0.25) is 23.6 Å². The summed E-state index contributed by atoms with van der Waals surface area (Å²) in [6, 6.07) is 18.3. The molecule has 0 aliphatic carbocycles. The van der Waals surface area contributed by atoms with E-state index in [0.717, 1.165) is 48.2 Å². The third kappa shape index (κ3) is 9.21. The number of amides is 7. The SMILES string of the molecule is O=C(/C=C/C(=O)Nc1ccc(NC(=O)Nc2ccc3[nH]ccc3c2)cc1)NCCCCCCOc1ccc2c(c1)CN(C1CCC(=O)NC1=O)C2=O. The lowest BCUT2D eigenvalue weighted by atomic mass is 10.0. The van der Waals surface area contributed by atoms with Crippen LogP contribution >= 0.6 is 0 Å². The standard InChI is InChI=1S/C38H39N7O7/c46-33(15-16-34(47)41-26-5-7-27(8-6-26)42-38(51)43-28-9-12-31-24(21-28)17-19-39-31)40-18-3-1-2-4-20-52-29-10-11-30-25(22-29)23-45(37(30)50)32-13-14-35(48)44-36(32)49/h5-12,15-17,19,21-22,32,39H,1-4,13-14,18,20,23H2,(H,40,46)(H,41,47)(H2,42,43,51)(H,44,48,49)/b16-15+. The van der Waals surface area contributed by atoms with Crippen LogP contribution in [0.25, 0.3) is 10.9 Å². The number of aromatic amines is 1. The summed E-state index contributed by atoms with van der Waals surface area (Å²) in [5, 5.41) is 14.3. The van der Waals surface area contributed by atoms with Crippen molar-refractivity contribution in [1.82, 2.24) is 20.5 Å². The van der Waals surface area contributed by atoms with Crippen LogP contribution in [0, 0.1) is 0 Å². The number of hydrogen-bond donors (Lipinski definition) is 6. The molecule has 1 unspecified atom stereocenters. The van der Waals surface area contributed by atoms with Crippen LogP contribution in [-0.4, -0.2) is 64.6 Å². The van der Waals surface area contributed by atoms with Crippen LogP contribution in [0.3, 0.4) is 0 Å². The number of aromatic nitrogens is 1. The largest absolute Gasteiger partial charge is 0.494 e. The molecule has 14 nitrogen and oxygen atoms in total. The van der Waals surface area contributed by atoms with E-state index in [1.807, 2.05) is 30.5 Å². The number of rotatable bonds is 14. The minimum atomic E-state index is -0.651. The van der Waals surface area contributed by atoms with E-state index in [0.29, 0.717) is 54.5 Å². The zero-order valence-corrected chi connectivity index (χ0v) is 28.3. The summed E-state index contributed by atoms with van der Waals surface area (Å²) < 4.78 is 5.88. The van der Waals surface area contributed by atoms with Crippen molar-refractivity contribution in [2.75, 3.05) is 29.1 Å². The van der Waals surface area contributed by atoms with Gasteiger partial charge in [0.25, 0.3) is 5.91 Å². The monoisotopic (exact) mass is 705 g/mol. The lowest BCUT2D eigenvalue weighted by molar-refractivity contribution is -0.137. The maximum atomic E-state index is 12.8. The van der Waals surface area contributed by atoms with Gasteiger partial charge in [0.05, 0.1) is 6.61 Å². The molecule has 7 amide bonds. The van der Waals surface area contributed by atoms with Gasteiger partial charge in [-0.3, -0.25) is 29.3 Å². The number of ether oxygens (including phenoxy) is 1. The van der Waals surface area contributed by atoms with Gasteiger partial charge in [-0.25, -0.2) is 4.79 Å². The van der Waals surface area contributed by atoms with Crippen molar-refractivity contribution in [1.29, 1.82) is 0 Å². The molecule has 14 heteroatoms. The van der Waals surface area contributed by atoms with Crippen LogP contribution in [0.5, 0.6) is 5.75 Å². The third-order valence-corrected chi connectivity index (χ3v) is 8.74. The summed E-state index contributed by atoms with van der Waals surface area (Å²) in [4.78, 5) is 78.0. The highest BCUT2D eigenvalue weighted by Crippen LogP contribution is 2.30. The van der Waals surface area contributed by atoms with Crippen LogP contribution in [0.1, 0.15) is 54.4 Å². The molecule has 1 atom stereocenters. The molecule has 6 rings (SSSR count). The van der Waals surface area contributed by atoms with Gasteiger partial charge in [0.15, 0.2) is 0 Å². The number of benzene rings is 3. The Morgan fingerprint density at radius 1 is 0.808 bits per heavy atom. The van der Waals surface area contributed by atoms with E-state index in [9.17, 15) is 28.8 Å². The zero-order chi connectivity index (χ0) is 36.5. The molecule has 6 N–H and O–H groups in total. The van der Waals surface area contributed by atoms with Gasteiger partial charge in [-0.05, 0) is 91.6 Å². The predicted molar refractivity (Wildman–Crippen MR) is 195 cm³/mol. The highest BCUT2D eigenvalue weighted by molar-refractivity contribution is 6.06. The van der Waals surface area contributed by atoms with Gasteiger partial charge < -0.3 is 35.9 Å². The third-order valence-electron chi connectivity index (χ3n) is 8.74. The molecule has 1 aromatic heterocycles. The van der Waals surface area contributed by atoms with Gasteiger partial charge in [-0.2, -0.15) is 0 Å². The quantitative estimate of drug-likeness (QED) is 0.0615.